The Hall–Kier alpha value is -1.36. The van der Waals surface area contributed by atoms with Crippen LogP contribution < -0.4 is 5.32 Å². The van der Waals surface area contributed by atoms with E-state index in [1.165, 1.54) is 51.5 Å². The molecule has 128 valence electrons. The minimum absolute atomic E-state index is 0.160. The van der Waals surface area contributed by atoms with Gasteiger partial charge in [-0.3, -0.25) is 14.4 Å². The van der Waals surface area contributed by atoms with Crippen LogP contribution in [0.25, 0.3) is 0 Å². The number of aryl methyl sites for hydroxylation is 1. The van der Waals surface area contributed by atoms with E-state index in [4.69, 9.17) is 0 Å². The predicted octanol–water partition coefficient (Wildman–Crippen LogP) is 2.58. The van der Waals surface area contributed by atoms with Crippen LogP contribution >= 0.6 is 0 Å². The van der Waals surface area contributed by atoms with Crippen molar-refractivity contribution >= 4 is 5.91 Å². The highest BCUT2D eigenvalue weighted by Gasteiger charge is 2.27. The van der Waals surface area contributed by atoms with Gasteiger partial charge in [0.25, 0.3) is 0 Å². The molecule has 2 fully saturated rings. The van der Waals surface area contributed by atoms with Gasteiger partial charge in [-0.1, -0.05) is 25.7 Å². The Morgan fingerprint density at radius 2 is 1.96 bits per heavy atom. The Balaban J connectivity index is 1.43. The molecule has 1 amide bonds. The molecule has 1 aliphatic carbocycles. The Labute approximate surface area is 139 Å². The van der Waals surface area contributed by atoms with Gasteiger partial charge >= 0.3 is 0 Å². The number of rotatable bonds is 5. The van der Waals surface area contributed by atoms with Crippen molar-refractivity contribution in [2.45, 2.75) is 76.4 Å². The van der Waals surface area contributed by atoms with Crippen molar-refractivity contribution in [1.82, 2.24) is 20.0 Å². The van der Waals surface area contributed by atoms with Crippen LogP contribution in [-0.2, 0) is 11.3 Å². The van der Waals surface area contributed by atoms with Crippen LogP contribution in [0.15, 0.2) is 18.5 Å². The van der Waals surface area contributed by atoms with E-state index in [0.29, 0.717) is 19.0 Å². The van der Waals surface area contributed by atoms with Gasteiger partial charge in [-0.25, -0.2) is 0 Å². The number of piperidine rings is 1. The van der Waals surface area contributed by atoms with Crippen molar-refractivity contribution in [1.29, 1.82) is 0 Å². The number of likely N-dealkylation sites (tertiary alicyclic amines) is 1. The quantitative estimate of drug-likeness (QED) is 0.849. The number of amides is 1. The molecule has 1 aromatic heterocycles. The second kappa shape index (κ2) is 8.48. The summed E-state index contributed by atoms with van der Waals surface area (Å²) < 4.78 is 1.82. The number of hydrogen-bond acceptors (Lipinski definition) is 3. The molecule has 1 unspecified atom stereocenters. The molecule has 0 aromatic carbocycles. The van der Waals surface area contributed by atoms with Gasteiger partial charge in [-0.15, -0.1) is 0 Å². The Morgan fingerprint density at radius 3 is 2.70 bits per heavy atom. The topological polar surface area (TPSA) is 50.2 Å². The maximum absolute atomic E-state index is 12.2. The molecular formula is C18H30N4O. The molecule has 0 bridgehead atoms. The summed E-state index contributed by atoms with van der Waals surface area (Å²) in [6, 6.07) is 2.97. The van der Waals surface area contributed by atoms with Gasteiger partial charge in [0.2, 0.25) is 5.91 Å². The maximum Gasteiger partial charge on any atom is 0.222 e. The number of hydrogen-bond donors (Lipinski definition) is 1. The molecule has 1 saturated carbocycles. The average molecular weight is 318 g/mol. The Bertz CT molecular complexity index is 465. The van der Waals surface area contributed by atoms with Crippen LogP contribution in [0.2, 0.25) is 0 Å². The second-order valence-corrected chi connectivity index (χ2v) is 7.07. The highest BCUT2D eigenvalue weighted by molar-refractivity contribution is 5.76. The summed E-state index contributed by atoms with van der Waals surface area (Å²) >= 11 is 0. The zero-order valence-electron chi connectivity index (χ0n) is 14.1. The Morgan fingerprint density at radius 1 is 1.13 bits per heavy atom. The normalized spacial score (nSPS) is 24.3. The van der Waals surface area contributed by atoms with Crippen LogP contribution in [0.4, 0.5) is 0 Å². The monoisotopic (exact) mass is 318 g/mol. The minimum atomic E-state index is 0.160. The van der Waals surface area contributed by atoms with E-state index >= 15 is 0 Å². The van der Waals surface area contributed by atoms with E-state index in [0.717, 1.165) is 19.0 Å². The van der Waals surface area contributed by atoms with E-state index < -0.39 is 0 Å². The number of carbonyl (C=O) groups is 1. The summed E-state index contributed by atoms with van der Waals surface area (Å²) in [5.74, 6) is 0.160. The molecule has 23 heavy (non-hydrogen) atoms. The smallest absolute Gasteiger partial charge is 0.222 e. The Kier molecular flexibility index (Phi) is 6.08. The van der Waals surface area contributed by atoms with Gasteiger partial charge in [0.15, 0.2) is 0 Å². The fourth-order valence-corrected chi connectivity index (χ4v) is 4.03. The number of nitrogens with zero attached hydrogens (tertiary/aromatic N) is 3. The molecule has 3 rings (SSSR count). The molecule has 1 aromatic rings. The molecule has 5 heteroatoms. The third-order valence-electron chi connectivity index (χ3n) is 5.29. The lowest BCUT2D eigenvalue weighted by atomic mass is 10.00. The third-order valence-corrected chi connectivity index (χ3v) is 5.29. The molecule has 1 N–H and O–H groups in total. The van der Waals surface area contributed by atoms with Crippen molar-refractivity contribution in [2.24, 2.45) is 0 Å². The number of nitrogens with one attached hydrogen (secondary N) is 1. The van der Waals surface area contributed by atoms with Gasteiger partial charge in [0, 0.05) is 44.0 Å². The summed E-state index contributed by atoms with van der Waals surface area (Å²) in [4.78, 5) is 14.8. The first-order valence-electron chi connectivity index (χ1n) is 9.32. The third kappa shape index (κ3) is 5.06. The van der Waals surface area contributed by atoms with Crippen molar-refractivity contribution in [3.8, 4) is 0 Å². The highest BCUT2D eigenvalue weighted by atomic mass is 16.1. The average Bonchev–Trinajstić information content (AvgIpc) is 2.93. The fraction of sp³-hybridized carbons (Fsp3) is 0.778. The summed E-state index contributed by atoms with van der Waals surface area (Å²) in [5.41, 5.74) is 0. The molecule has 1 atom stereocenters. The first-order chi connectivity index (χ1) is 11.3. The maximum atomic E-state index is 12.2. The van der Waals surface area contributed by atoms with Crippen LogP contribution in [0.5, 0.6) is 0 Å². The van der Waals surface area contributed by atoms with E-state index in [2.05, 4.69) is 15.3 Å². The van der Waals surface area contributed by atoms with Crippen molar-refractivity contribution in [3.63, 3.8) is 0 Å². The molecule has 0 radical (unpaired) electrons. The first-order valence-corrected chi connectivity index (χ1v) is 9.32. The summed E-state index contributed by atoms with van der Waals surface area (Å²) in [7, 11) is 0. The molecular weight excluding hydrogens is 288 g/mol. The standard InChI is InChI=1S/C18H30N4O/c23-18(10-14-22-13-6-11-19-22)20-16-7-5-12-21(15-16)17-8-3-1-2-4-9-17/h6,11,13,16-17H,1-5,7-10,12,14-15H2,(H,20,23). The number of carbonyl (C=O) groups excluding carboxylic acids is 1. The van der Waals surface area contributed by atoms with Crippen molar-refractivity contribution in [2.75, 3.05) is 13.1 Å². The van der Waals surface area contributed by atoms with Gasteiger partial charge in [-0.05, 0) is 38.3 Å². The summed E-state index contributed by atoms with van der Waals surface area (Å²) in [5, 5.41) is 7.39. The van der Waals surface area contributed by atoms with Crippen LogP contribution in [-0.4, -0.2) is 45.8 Å². The molecule has 5 nitrogen and oxygen atoms in total. The lowest BCUT2D eigenvalue weighted by Crippen LogP contribution is -2.51. The van der Waals surface area contributed by atoms with Crippen molar-refractivity contribution < 1.29 is 4.79 Å². The molecule has 2 heterocycles. The van der Waals surface area contributed by atoms with Crippen LogP contribution in [0.1, 0.15) is 57.8 Å². The first kappa shape index (κ1) is 16.5. The van der Waals surface area contributed by atoms with Crippen LogP contribution in [0.3, 0.4) is 0 Å². The molecule has 1 aliphatic heterocycles. The lowest BCUT2D eigenvalue weighted by molar-refractivity contribution is -0.122. The zero-order valence-corrected chi connectivity index (χ0v) is 14.1. The van der Waals surface area contributed by atoms with Crippen molar-refractivity contribution in [3.05, 3.63) is 18.5 Å². The largest absolute Gasteiger partial charge is 0.352 e. The van der Waals surface area contributed by atoms with Gasteiger partial charge < -0.3 is 5.32 Å². The molecule has 1 saturated heterocycles. The lowest BCUT2D eigenvalue weighted by Gasteiger charge is -2.38. The van der Waals surface area contributed by atoms with E-state index in [1.807, 2.05) is 16.9 Å². The SMILES string of the molecule is O=C(CCn1cccn1)NC1CCCN(C2CCCCCC2)C1. The zero-order chi connectivity index (χ0) is 15.9. The van der Waals surface area contributed by atoms with Gasteiger partial charge in [0.1, 0.15) is 0 Å². The van der Waals surface area contributed by atoms with Gasteiger partial charge in [0.05, 0.1) is 0 Å². The summed E-state index contributed by atoms with van der Waals surface area (Å²) in [6.07, 6.45) is 14.8. The fourth-order valence-electron chi connectivity index (χ4n) is 4.03. The van der Waals surface area contributed by atoms with Crippen LogP contribution in [0, 0.1) is 0 Å². The summed E-state index contributed by atoms with van der Waals surface area (Å²) in [6.45, 7) is 2.92. The minimum Gasteiger partial charge on any atom is -0.352 e. The second-order valence-electron chi connectivity index (χ2n) is 7.07. The van der Waals surface area contributed by atoms with Gasteiger partial charge in [-0.2, -0.15) is 5.10 Å². The highest BCUT2D eigenvalue weighted by Crippen LogP contribution is 2.24. The predicted molar refractivity (Wildman–Crippen MR) is 91.1 cm³/mol. The van der Waals surface area contributed by atoms with E-state index in [-0.39, 0.29) is 5.91 Å². The molecule has 0 spiro atoms. The van der Waals surface area contributed by atoms with E-state index in [9.17, 15) is 4.79 Å². The van der Waals surface area contributed by atoms with E-state index in [1.54, 1.807) is 6.20 Å². The number of aromatic nitrogens is 2. The molecule has 2 aliphatic rings.